The van der Waals surface area contributed by atoms with Crippen molar-refractivity contribution in [3.8, 4) is 11.5 Å². The smallest absolute Gasteiger partial charge is 0.227 e. The van der Waals surface area contributed by atoms with Gasteiger partial charge in [-0.2, -0.15) is 0 Å². The zero-order valence-corrected chi connectivity index (χ0v) is 19.8. The van der Waals surface area contributed by atoms with Gasteiger partial charge in [0.1, 0.15) is 23.9 Å². The van der Waals surface area contributed by atoms with Crippen molar-refractivity contribution < 1.29 is 14.3 Å². The van der Waals surface area contributed by atoms with Gasteiger partial charge < -0.3 is 18.9 Å². The maximum atomic E-state index is 13.0. The van der Waals surface area contributed by atoms with Crippen LogP contribution in [0.3, 0.4) is 0 Å². The maximum absolute atomic E-state index is 13.0. The van der Waals surface area contributed by atoms with E-state index in [1.54, 1.807) is 7.11 Å². The quantitative estimate of drug-likeness (QED) is 0.381. The molecule has 174 valence electrons. The highest BCUT2D eigenvalue weighted by Gasteiger charge is 2.35. The molecule has 1 aliphatic heterocycles. The van der Waals surface area contributed by atoms with Crippen LogP contribution in [0.25, 0.3) is 11.0 Å². The van der Waals surface area contributed by atoms with Crippen LogP contribution in [0.1, 0.15) is 29.3 Å². The maximum Gasteiger partial charge on any atom is 0.227 e. The third kappa shape index (κ3) is 4.00. The summed E-state index contributed by atoms with van der Waals surface area (Å²) < 4.78 is 13.9. The van der Waals surface area contributed by atoms with E-state index in [0.29, 0.717) is 31.9 Å². The minimum Gasteiger partial charge on any atom is -0.495 e. The number of methoxy groups -OCH3 is 1. The predicted molar refractivity (Wildman–Crippen MR) is 134 cm³/mol. The highest BCUT2D eigenvalue weighted by atomic mass is 16.5. The summed E-state index contributed by atoms with van der Waals surface area (Å²) in [5.74, 6) is 2.64. The summed E-state index contributed by atoms with van der Waals surface area (Å²) in [6, 6.07) is 22.0. The van der Waals surface area contributed by atoms with Gasteiger partial charge in [0.2, 0.25) is 5.91 Å². The minimum absolute atomic E-state index is 0.00925. The second kappa shape index (κ2) is 9.21. The zero-order chi connectivity index (χ0) is 23.7. The molecule has 3 aromatic carbocycles. The lowest BCUT2D eigenvalue weighted by Crippen LogP contribution is -2.25. The van der Waals surface area contributed by atoms with Crippen molar-refractivity contribution in [2.24, 2.45) is 0 Å². The molecular formula is C28H29N3O3. The molecule has 6 heteroatoms. The van der Waals surface area contributed by atoms with E-state index >= 15 is 0 Å². The molecule has 1 amide bonds. The number of carbonyl (C=O) groups is 1. The number of aryl methyl sites for hydroxylation is 2. The highest BCUT2D eigenvalue weighted by molar-refractivity contribution is 5.97. The van der Waals surface area contributed by atoms with Gasteiger partial charge in [-0.1, -0.05) is 42.5 Å². The van der Waals surface area contributed by atoms with Crippen molar-refractivity contribution in [1.82, 2.24) is 9.55 Å². The third-order valence-electron chi connectivity index (χ3n) is 6.52. The van der Waals surface area contributed by atoms with Crippen molar-refractivity contribution >= 4 is 22.6 Å². The number of amides is 1. The molecule has 0 unspecified atom stereocenters. The van der Waals surface area contributed by atoms with Crippen LogP contribution in [0.4, 0.5) is 5.69 Å². The van der Waals surface area contributed by atoms with E-state index in [-0.39, 0.29) is 11.8 Å². The first kappa shape index (κ1) is 22.0. The Labute approximate surface area is 199 Å². The number of rotatable bonds is 7. The van der Waals surface area contributed by atoms with Crippen molar-refractivity contribution in [2.75, 3.05) is 25.2 Å². The number of ether oxygens (including phenoxy) is 2. The monoisotopic (exact) mass is 455 g/mol. The lowest BCUT2D eigenvalue weighted by molar-refractivity contribution is -0.117. The first-order valence-corrected chi connectivity index (χ1v) is 11.6. The minimum atomic E-state index is -0.00925. The summed E-state index contributed by atoms with van der Waals surface area (Å²) in [7, 11) is 1.63. The third-order valence-corrected chi connectivity index (χ3v) is 6.52. The number of fused-ring (bicyclic) bond motifs is 1. The van der Waals surface area contributed by atoms with Crippen LogP contribution >= 0.6 is 0 Å². The Bertz CT molecular complexity index is 1320. The average molecular weight is 456 g/mol. The summed E-state index contributed by atoms with van der Waals surface area (Å²) in [5, 5.41) is 0. The van der Waals surface area contributed by atoms with E-state index in [2.05, 4.69) is 36.6 Å². The number of carbonyl (C=O) groups excluding carboxylic acids is 1. The van der Waals surface area contributed by atoms with E-state index in [9.17, 15) is 4.79 Å². The topological polar surface area (TPSA) is 56.6 Å². The summed E-state index contributed by atoms with van der Waals surface area (Å²) >= 11 is 0. The molecule has 0 aliphatic carbocycles. The van der Waals surface area contributed by atoms with Crippen LogP contribution < -0.4 is 14.4 Å². The number of nitrogens with zero attached hydrogens (tertiary/aromatic N) is 3. The van der Waals surface area contributed by atoms with Crippen LogP contribution in [-0.2, 0) is 11.3 Å². The fourth-order valence-electron chi connectivity index (χ4n) is 4.87. The molecule has 4 aromatic rings. The number of hydrogen-bond donors (Lipinski definition) is 0. The first-order chi connectivity index (χ1) is 16.6. The predicted octanol–water partition coefficient (Wildman–Crippen LogP) is 5.26. The fraction of sp³-hybridized carbons (Fsp3) is 0.286. The van der Waals surface area contributed by atoms with Crippen LogP contribution in [-0.4, -0.2) is 35.7 Å². The summed E-state index contributed by atoms with van der Waals surface area (Å²) in [4.78, 5) is 19.8. The summed E-state index contributed by atoms with van der Waals surface area (Å²) in [5.41, 5.74) is 5.06. The van der Waals surface area contributed by atoms with E-state index in [1.807, 2.05) is 53.4 Å². The van der Waals surface area contributed by atoms with Crippen LogP contribution in [0.15, 0.2) is 66.7 Å². The van der Waals surface area contributed by atoms with Gasteiger partial charge in [0.15, 0.2) is 0 Å². The number of imidazole rings is 1. The average Bonchev–Trinajstić information content (AvgIpc) is 3.41. The Balaban J connectivity index is 1.43. The molecule has 0 bridgehead atoms. The molecule has 1 saturated heterocycles. The highest BCUT2D eigenvalue weighted by Crippen LogP contribution is 2.37. The second-order valence-corrected chi connectivity index (χ2v) is 8.76. The van der Waals surface area contributed by atoms with Crippen LogP contribution in [0, 0.1) is 13.8 Å². The number of anilines is 1. The molecule has 34 heavy (non-hydrogen) atoms. The van der Waals surface area contributed by atoms with E-state index < -0.39 is 0 Å². The first-order valence-electron chi connectivity index (χ1n) is 11.6. The van der Waals surface area contributed by atoms with Crippen LogP contribution in [0.2, 0.25) is 0 Å². The van der Waals surface area contributed by atoms with E-state index in [0.717, 1.165) is 39.4 Å². The fourth-order valence-corrected chi connectivity index (χ4v) is 4.87. The molecule has 1 atom stereocenters. The Kier molecular flexibility index (Phi) is 5.97. The number of benzene rings is 3. The number of para-hydroxylation sites is 5. The number of aromatic nitrogens is 2. The van der Waals surface area contributed by atoms with Gasteiger partial charge in [-0.3, -0.25) is 4.79 Å². The Morgan fingerprint density at radius 2 is 1.71 bits per heavy atom. The summed E-state index contributed by atoms with van der Waals surface area (Å²) in [6.45, 7) is 5.88. The second-order valence-electron chi connectivity index (χ2n) is 8.76. The summed E-state index contributed by atoms with van der Waals surface area (Å²) in [6.07, 6.45) is 0.416. The molecule has 0 spiro atoms. The molecule has 5 rings (SSSR count). The lowest BCUT2D eigenvalue weighted by atomic mass is 10.1. The van der Waals surface area contributed by atoms with Crippen molar-refractivity contribution in [3.63, 3.8) is 0 Å². The van der Waals surface area contributed by atoms with Crippen molar-refractivity contribution in [3.05, 3.63) is 83.7 Å². The van der Waals surface area contributed by atoms with Crippen LogP contribution in [0.5, 0.6) is 11.5 Å². The van der Waals surface area contributed by atoms with Gasteiger partial charge in [-0.15, -0.1) is 0 Å². The zero-order valence-electron chi connectivity index (χ0n) is 19.8. The SMILES string of the molecule is COc1ccccc1N1C[C@H](c2nc3ccccc3n2CCOc2c(C)cccc2C)CC1=O. The van der Waals surface area contributed by atoms with Crippen molar-refractivity contribution in [2.45, 2.75) is 32.7 Å². The molecule has 0 N–H and O–H groups in total. The molecule has 6 nitrogen and oxygen atoms in total. The molecule has 0 radical (unpaired) electrons. The Morgan fingerprint density at radius 1 is 0.971 bits per heavy atom. The molecule has 0 saturated carbocycles. The molecular weight excluding hydrogens is 426 g/mol. The van der Waals surface area contributed by atoms with Gasteiger partial charge in [-0.05, 0) is 49.2 Å². The molecule has 2 heterocycles. The van der Waals surface area contributed by atoms with Gasteiger partial charge >= 0.3 is 0 Å². The Hall–Kier alpha value is -3.80. The lowest BCUT2D eigenvalue weighted by Gasteiger charge is -2.20. The number of hydrogen-bond acceptors (Lipinski definition) is 4. The normalized spacial score (nSPS) is 15.8. The molecule has 1 aromatic heterocycles. The van der Waals surface area contributed by atoms with Gasteiger partial charge in [0.25, 0.3) is 0 Å². The van der Waals surface area contributed by atoms with Gasteiger partial charge in [-0.25, -0.2) is 4.98 Å². The molecule has 1 aliphatic rings. The van der Waals surface area contributed by atoms with E-state index in [4.69, 9.17) is 14.5 Å². The van der Waals surface area contributed by atoms with E-state index in [1.165, 1.54) is 0 Å². The standard InChI is InChI=1S/C28H29N3O3/c1-19-9-8-10-20(2)27(19)34-16-15-30-23-12-5-4-11-22(23)29-28(30)21-17-26(32)31(18-21)24-13-6-7-14-25(24)33-3/h4-14,21H,15-18H2,1-3H3/t21-/m1/s1. The van der Waals surface area contributed by atoms with Gasteiger partial charge in [0.05, 0.1) is 30.4 Å². The Morgan fingerprint density at radius 3 is 2.50 bits per heavy atom. The van der Waals surface area contributed by atoms with Gasteiger partial charge in [0, 0.05) is 18.9 Å². The largest absolute Gasteiger partial charge is 0.495 e. The molecule has 1 fully saturated rings. The van der Waals surface area contributed by atoms with Crippen molar-refractivity contribution in [1.29, 1.82) is 0 Å².